The molecule has 1 fully saturated rings. The second kappa shape index (κ2) is 4.92. The Morgan fingerprint density at radius 2 is 2.18 bits per heavy atom. The van der Waals surface area contributed by atoms with Crippen LogP contribution in [0, 0.1) is 11.3 Å². The van der Waals surface area contributed by atoms with Gasteiger partial charge in [-0.1, -0.05) is 0 Å². The summed E-state index contributed by atoms with van der Waals surface area (Å²) in [4.78, 5) is 13.5. The third-order valence-electron chi connectivity index (χ3n) is 2.69. The fourth-order valence-corrected chi connectivity index (χ4v) is 2.00. The highest BCUT2D eigenvalue weighted by molar-refractivity contribution is 5.70. The Labute approximate surface area is 102 Å². The summed E-state index contributed by atoms with van der Waals surface area (Å²) in [6.07, 6.45) is 1.00. The van der Waals surface area contributed by atoms with Crippen molar-refractivity contribution < 1.29 is 14.3 Å². The Bertz CT molecular complexity index is 330. The fraction of sp³-hybridized carbons (Fsp3) is 0.833. The molecule has 0 aromatic rings. The van der Waals surface area contributed by atoms with Gasteiger partial charge in [0, 0.05) is 13.7 Å². The van der Waals surface area contributed by atoms with Crippen molar-refractivity contribution in [3.05, 3.63) is 0 Å². The number of carbonyl (C=O) groups is 1. The van der Waals surface area contributed by atoms with Crippen molar-refractivity contribution in [1.29, 1.82) is 5.26 Å². The SMILES string of the molecule is COCC1(C#N)CCCN1C(=O)OC(C)(C)C. The highest BCUT2D eigenvalue weighted by atomic mass is 16.6. The molecule has 17 heavy (non-hydrogen) atoms. The maximum absolute atomic E-state index is 12.0. The Morgan fingerprint density at radius 3 is 2.65 bits per heavy atom. The number of ether oxygens (including phenoxy) is 2. The lowest BCUT2D eigenvalue weighted by molar-refractivity contribution is 0.00290. The van der Waals surface area contributed by atoms with Crippen LogP contribution >= 0.6 is 0 Å². The molecule has 1 unspecified atom stereocenters. The van der Waals surface area contributed by atoms with Gasteiger partial charge < -0.3 is 9.47 Å². The van der Waals surface area contributed by atoms with Crippen LogP contribution in [0.3, 0.4) is 0 Å². The van der Waals surface area contributed by atoms with Crippen LogP contribution in [0.15, 0.2) is 0 Å². The van der Waals surface area contributed by atoms with E-state index in [0.717, 1.165) is 6.42 Å². The molecular formula is C12H20N2O3. The van der Waals surface area contributed by atoms with Crippen LogP contribution in [0.1, 0.15) is 33.6 Å². The second-order valence-corrected chi connectivity index (χ2v) is 5.31. The molecule has 0 bridgehead atoms. The second-order valence-electron chi connectivity index (χ2n) is 5.31. The van der Waals surface area contributed by atoms with Crippen LogP contribution in [-0.4, -0.2) is 42.4 Å². The van der Waals surface area contributed by atoms with E-state index in [-0.39, 0.29) is 6.61 Å². The first-order valence-corrected chi connectivity index (χ1v) is 5.75. The third-order valence-corrected chi connectivity index (χ3v) is 2.69. The Kier molecular flexibility index (Phi) is 3.99. The van der Waals surface area contributed by atoms with Crippen molar-refractivity contribution in [2.75, 3.05) is 20.3 Å². The van der Waals surface area contributed by atoms with E-state index in [1.54, 1.807) is 0 Å². The first-order valence-electron chi connectivity index (χ1n) is 5.75. The van der Waals surface area contributed by atoms with E-state index < -0.39 is 17.2 Å². The van der Waals surface area contributed by atoms with E-state index >= 15 is 0 Å². The van der Waals surface area contributed by atoms with Crippen LogP contribution in [0.4, 0.5) is 4.79 Å². The molecule has 0 N–H and O–H groups in total. The Balaban J connectivity index is 2.82. The molecule has 5 nitrogen and oxygen atoms in total. The monoisotopic (exact) mass is 240 g/mol. The number of amides is 1. The van der Waals surface area contributed by atoms with Gasteiger partial charge in [-0.25, -0.2) is 4.79 Å². The van der Waals surface area contributed by atoms with Gasteiger partial charge in [0.25, 0.3) is 0 Å². The largest absolute Gasteiger partial charge is 0.444 e. The highest BCUT2D eigenvalue weighted by Gasteiger charge is 2.45. The minimum atomic E-state index is -0.864. The summed E-state index contributed by atoms with van der Waals surface area (Å²) in [5, 5.41) is 9.29. The van der Waals surface area contributed by atoms with Gasteiger partial charge in [-0.15, -0.1) is 0 Å². The molecule has 1 saturated heterocycles. The van der Waals surface area contributed by atoms with Gasteiger partial charge in [0.05, 0.1) is 12.7 Å². The van der Waals surface area contributed by atoms with Crippen LogP contribution < -0.4 is 0 Å². The smallest absolute Gasteiger partial charge is 0.411 e. The molecule has 0 saturated carbocycles. The van der Waals surface area contributed by atoms with Crippen molar-refractivity contribution in [1.82, 2.24) is 4.90 Å². The van der Waals surface area contributed by atoms with Crippen molar-refractivity contribution in [3.8, 4) is 6.07 Å². The average molecular weight is 240 g/mol. The van der Waals surface area contributed by atoms with Crippen molar-refractivity contribution in [3.63, 3.8) is 0 Å². The molecule has 1 rings (SSSR count). The molecule has 1 aliphatic rings. The van der Waals surface area contributed by atoms with E-state index in [2.05, 4.69) is 6.07 Å². The molecule has 1 atom stereocenters. The maximum atomic E-state index is 12.0. The molecule has 1 aliphatic heterocycles. The van der Waals surface area contributed by atoms with E-state index in [1.807, 2.05) is 20.8 Å². The third kappa shape index (κ3) is 3.10. The minimum absolute atomic E-state index is 0.225. The zero-order chi connectivity index (χ0) is 13.1. The standard InChI is InChI=1S/C12H20N2O3/c1-11(2,3)17-10(15)14-7-5-6-12(14,8-13)9-16-4/h5-7,9H2,1-4H3. The number of nitrogens with zero attached hydrogens (tertiary/aromatic N) is 2. The van der Waals surface area contributed by atoms with Crippen molar-refractivity contribution in [2.45, 2.75) is 44.8 Å². The highest BCUT2D eigenvalue weighted by Crippen LogP contribution is 2.30. The number of hydrogen-bond acceptors (Lipinski definition) is 4. The topological polar surface area (TPSA) is 62.6 Å². The molecule has 1 heterocycles. The molecule has 1 amide bonds. The van der Waals surface area contributed by atoms with Crippen molar-refractivity contribution >= 4 is 6.09 Å². The number of likely N-dealkylation sites (tertiary alicyclic amines) is 1. The summed E-state index contributed by atoms with van der Waals surface area (Å²) in [7, 11) is 1.53. The fourth-order valence-electron chi connectivity index (χ4n) is 2.00. The molecule has 0 aromatic heterocycles. The molecule has 0 spiro atoms. The Morgan fingerprint density at radius 1 is 1.53 bits per heavy atom. The van der Waals surface area contributed by atoms with Gasteiger partial charge in [0.15, 0.2) is 5.54 Å². The molecule has 96 valence electrons. The summed E-state index contributed by atoms with van der Waals surface area (Å²) < 4.78 is 10.4. The van der Waals surface area contributed by atoms with Gasteiger partial charge in [0.1, 0.15) is 5.60 Å². The number of carbonyl (C=O) groups excluding carboxylic acids is 1. The number of rotatable bonds is 2. The molecule has 0 radical (unpaired) electrons. The molecule has 0 aromatic carbocycles. The maximum Gasteiger partial charge on any atom is 0.411 e. The first-order chi connectivity index (χ1) is 7.84. The zero-order valence-corrected chi connectivity index (χ0v) is 10.9. The predicted octanol–water partition coefficient (Wildman–Crippen LogP) is 1.93. The quantitative estimate of drug-likeness (QED) is 0.739. The van der Waals surface area contributed by atoms with Gasteiger partial charge in [-0.05, 0) is 33.6 Å². The normalized spacial score (nSPS) is 24.5. The van der Waals surface area contributed by atoms with Crippen LogP contribution in [0.2, 0.25) is 0 Å². The van der Waals surface area contributed by atoms with Gasteiger partial charge in [-0.2, -0.15) is 5.26 Å². The summed E-state index contributed by atoms with van der Waals surface area (Å²) in [6, 6.07) is 2.20. The van der Waals surface area contributed by atoms with E-state index in [1.165, 1.54) is 12.0 Å². The van der Waals surface area contributed by atoms with E-state index in [9.17, 15) is 10.1 Å². The molecular weight excluding hydrogens is 220 g/mol. The average Bonchev–Trinajstić information content (AvgIpc) is 2.60. The van der Waals surface area contributed by atoms with Gasteiger partial charge in [-0.3, -0.25) is 4.90 Å². The summed E-state index contributed by atoms with van der Waals surface area (Å²) in [5.74, 6) is 0. The zero-order valence-electron chi connectivity index (χ0n) is 10.9. The van der Waals surface area contributed by atoms with Gasteiger partial charge >= 0.3 is 6.09 Å². The number of hydrogen-bond donors (Lipinski definition) is 0. The summed E-state index contributed by atoms with van der Waals surface area (Å²) in [6.45, 7) is 6.20. The molecule has 5 heteroatoms. The number of methoxy groups -OCH3 is 1. The number of nitriles is 1. The lowest BCUT2D eigenvalue weighted by Crippen LogP contribution is -2.51. The predicted molar refractivity (Wildman–Crippen MR) is 62.4 cm³/mol. The summed E-state index contributed by atoms with van der Waals surface area (Å²) >= 11 is 0. The van der Waals surface area contributed by atoms with Crippen LogP contribution in [0.25, 0.3) is 0 Å². The van der Waals surface area contributed by atoms with Crippen LogP contribution in [0.5, 0.6) is 0 Å². The van der Waals surface area contributed by atoms with E-state index in [4.69, 9.17) is 9.47 Å². The minimum Gasteiger partial charge on any atom is -0.444 e. The van der Waals surface area contributed by atoms with Crippen LogP contribution in [-0.2, 0) is 9.47 Å². The first kappa shape index (κ1) is 13.8. The van der Waals surface area contributed by atoms with Crippen molar-refractivity contribution in [2.24, 2.45) is 0 Å². The lowest BCUT2D eigenvalue weighted by atomic mass is 10.00. The molecule has 0 aliphatic carbocycles. The van der Waals surface area contributed by atoms with Gasteiger partial charge in [0.2, 0.25) is 0 Å². The lowest BCUT2D eigenvalue weighted by Gasteiger charge is -2.33. The summed E-state index contributed by atoms with van der Waals surface area (Å²) in [5.41, 5.74) is -1.41. The Hall–Kier alpha value is -1.28. The van der Waals surface area contributed by atoms with E-state index in [0.29, 0.717) is 13.0 Å².